The summed E-state index contributed by atoms with van der Waals surface area (Å²) in [6, 6.07) is 0. The third-order valence-corrected chi connectivity index (χ3v) is 2.22. The third kappa shape index (κ3) is 0.633. The second kappa shape index (κ2) is 2.06. The van der Waals surface area contributed by atoms with Crippen molar-refractivity contribution in [2.45, 2.75) is 5.79 Å². The zero-order valence-electron chi connectivity index (χ0n) is 6.63. The van der Waals surface area contributed by atoms with Crippen LogP contribution in [0.3, 0.4) is 0 Å². The van der Waals surface area contributed by atoms with Crippen LogP contribution in [0.5, 0.6) is 0 Å². The third-order valence-electron chi connectivity index (χ3n) is 2.22. The zero-order valence-corrected chi connectivity index (χ0v) is 6.63. The van der Waals surface area contributed by atoms with Crippen molar-refractivity contribution in [1.29, 1.82) is 0 Å². The quantitative estimate of drug-likeness (QED) is 0.554. The maximum absolute atomic E-state index is 5.31. The first kappa shape index (κ1) is 6.83. The first-order valence-corrected chi connectivity index (χ1v) is 3.55. The second-order valence-electron chi connectivity index (χ2n) is 2.60. The molecule has 0 unspecified atom stereocenters. The van der Waals surface area contributed by atoms with E-state index in [9.17, 15) is 0 Å². The number of hydrogen-bond acceptors (Lipinski definition) is 2. The minimum atomic E-state index is -0.583. The molecule has 0 saturated heterocycles. The Morgan fingerprint density at radius 1 is 1.00 bits per heavy atom. The van der Waals surface area contributed by atoms with Gasteiger partial charge in [0.05, 0.1) is 0 Å². The lowest BCUT2D eigenvalue weighted by molar-refractivity contribution is -0.141. The molecule has 0 aromatic heterocycles. The normalized spacial score (nSPS) is 23.8. The van der Waals surface area contributed by atoms with Gasteiger partial charge >= 0.3 is 0 Å². The molecule has 0 aliphatic heterocycles. The monoisotopic (exact) mass is 150 g/mol. The molecule has 0 aromatic rings. The van der Waals surface area contributed by atoms with E-state index >= 15 is 0 Å². The highest BCUT2D eigenvalue weighted by atomic mass is 16.7. The molecule has 2 heteroatoms. The van der Waals surface area contributed by atoms with Gasteiger partial charge in [0.25, 0.3) is 0 Å². The van der Waals surface area contributed by atoms with Gasteiger partial charge in [0, 0.05) is 25.4 Å². The summed E-state index contributed by atoms with van der Waals surface area (Å²) in [5.41, 5.74) is 2.16. The molecule has 0 heterocycles. The fraction of sp³-hybridized carbons (Fsp3) is 0.333. The van der Waals surface area contributed by atoms with E-state index < -0.39 is 5.79 Å². The number of fused-ring (bicyclic) bond motifs is 2. The summed E-state index contributed by atoms with van der Waals surface area (Å²) >= 11 is 0. The molecule has 2 bridgehead atoms. The summed E-state index contributed by atoms with van der Waals surface area (Å²) in [6.07, 6.45) is 8.06. The van der Waals surface area contributed by atoms with E-state index in [0.29, 0.717) is 0 Å². The fourth-order valence-electron chi connectivity index (χ4n) is 1.63. The fourth-order valence-corrected chi connectivity index (χ4v) is 1.63. The van der Waals surface area contributed by atoms with Gasteiger partial charge < -0.3 is 9.47 Å². The molecule has 0 fully saturated rings. The predicted molar refractivity (Wildman–Crippen MR) is 42.1 cm³/mol. The molecule has 0 spiro atoms. The van der Waals surface area contributed by atoms with Gasteiger partial charge in [-0.1, -0.05) is 24.3 Å². The standard InChI is InChI=1S/C9H10O2/c1-10-9(11-2)7-3-4-8(9)6-5-7/h3-6H,1-2H3. The van der Waals surface area contributed by atoms with Crippen LogP contribution < -0.4 is 0 Å². The molecule has 58 valence electrons. The van der Waals surface area contributed by atoms with E-state index in [-0.39, 0.29) is 0 Å². The molecule has 2 nitrogen and oxygen atoms in total. The molecule has 0 N–H and O–H groups in total. The zero-order chi connectivity index (χ0) is 7.90. The SMILES string of the molecule is COC1(OC)C2=CC=C1C=C2. The molecule has 2 aliphatic rings. The summed E-state index contributed by atoms with van der Waals surface area (Å²) in [5, 5.41) is 0. The first-order chi connectivity index (χ1) is 5.33. The average Bonchev–Trinajstić information content (AvgIpc) is 2.59. The van der Waals surface area contributed by atoms with Crippen LogP contribution >= 0.6 is 0 Å². The Hall–Kier alpha value is -0.860. The summed E-state index contributed by atoms with van der Waals surface area (Å²) in [7, 11) is 3.31. The Morgan fingerprint density at radius 2 is 1.45 bits per heavy atom. The Kier molecular flexibility index (Phi) is 1.28. The van der Waals surface area contributed by atoms with Gasteiger partial charge in [-0.3, -0.25) is 0 Å². The summed E-state index contributed by atoms with van der Waals surface area (Å²) in [6.45, 7) is 0. The molecule has 0 radical (unpaired) electrons. The Morgan fingerprint density at radius 3 is 1.64 bits per heavy atom. The van der Waals surface area contributed by atoms with Crippen molar-refractivity contribution in [1.82, 2.24) is 0 Å². The van der Waals surface area contributed by atoms with Crippen molar-refractivity contribution in [2.24, 2.45) is 0 Å². The highest BCUT2D eigenvalue weighted by Crippen LogP contribution is 2.41. The molecule has 2 aliphatic carbocycles. The van der Waals surface area contributed by atoms with Crippen molar-refractivity contribution >= 4 is 0 Å². The summed E-state index contributed by atoms with van der Waals surface area (Å²) in [5.74, 6) is -0.583. The van der Waals surface area contributed by atoms with Crippen molar-refractivity contribution in [3.63, 3.8) is 0 Å². The van der Waals surface area contributed by atoms with Crippen LogP contribution in [0, 0.1) is 0 Å². The number of methoxy groups -OCH3 is 2. The summed E-state index contributed by atoms with van der Waals surface area (Å²) in [4.78, 5) is 0. The van der Waals surface area contributed by atoms with E-state index in [0.717, 1.165) is 11.1 Å². The van der Waals surface area contributed by atoms with Gasteiger partial charge in [-0.2, -0.15) is 0 Å². The van der Waals surface area contributed by atoms with Crippen molar-refractivity contribution in [2.75, 3.05) is 14.2 Å². The average molecular weight is 150 g/mol. The second-order valence-corrected chi connectivity index (χ2v) is 2.60. The molecular formula is C9H10O2. The van der Waals surface area contributed by atoms with E-state index in [1.807, 2.05) is 24.3 Å². The van der Waals surface area contributed by atoms with Crippen LogP contribution in [-0.4, -0.2) is 20.0 Å². The van der Waals surface area contributed by atoms with Crippen molar-refractivity contribution in [3.8, 4) is 0 Å². The van der Waals surface area contributed by atoms with Gasteiger partial charge in [0.2, 0.25) is 5.79 Å². The van der Waals surface area contributed by atoms with Gasteiger partial charge in [-0.15, -0.1) is 0 Å². The Labute approximate surface area is 65.8 Å². The minimum Gasteiger partial charge on any atom is -0.346 e. The van der Waals surface area contributed by atoms with Gasteiger partial charge in [-0.05, 0) is 0 Å². The largest absolute Gasteiger partial charge is 0.346 e. The predicted octanol–water partition coefficient (Wildman–Crippen LogP) is 1.41. The van der Waals surface area contributed by atoms with Crippen LogP contribution in [0.4, 0.5) is 0 Å². The lowest BCUT2D eigenvalue weighted by Gasteiger charge is -2.26. The maximum Gasteiger partial charge on any atom is 0.221 e. The Bertz CT molecular complexity index is 243. The van der Waals surface area contributed by atoms with Crippen molar-refractivity contribution in [3.05, 3.63) is 35.5 Å². The van der Waals surface area contributed by atoms with Crippen molar-refractivity contribution < 1.29 is 9.47 Å². The van der Waals surface area contributed by atoms with Gasteiger partial charge in [0.15, 0.2) is 0 Å². The molecule has 0 aromatic carbocycles. The number of hydrogen-bond donors (Lipinski definition) is 0. The maximum atomic E-state index is 5.31. The Balaban J connectivity index is 2.45. The summed E-state index contributed by atoms with van der Waals surface area (Å²) < 4.78 is 10.6. The highest BCUT2D eigenvalue weighted by Gasteiger charge is 2.42. The molecule has 0 atom stereocenters. The van der Waals surface area contributed by atoms with Crippen LogP contribution in [0.25, 0.3) is 0 Å². The minimum absolute atomic E-state index is 0.583. The topological polar surface area (TPSA) is 18.5 Å². The van der Waals surface area contributed by atoms with Gasteiger partial charge in [0.1, 0.15) is 0 Å². The lowest BCUT2D eigenvalue weighted by atomic mass is 10.1. The number of allylic oxidation sites excluding steroid dienone is 2. The van der Waals surface area contributed by atoms with Crippen LogP contribution in [0.1, 0.15) is 0 Å². The molecule has 0 amide bonds. The van der Waals surface area contributed by atoms with Gasteiger partial charge in [-0.25, -0.2) is 0 Å². The molecular weight excluding hydrogens is 140 g/mol. The van der Waals surface area contributed by atoms with Crippen LogP contribution in [0.15, 0.2) is 35.5 Å². The molecule has 11 heavy (non-hydrogen) atoms. The van der Waals surface area contributed by atoms with Crippen LogP contribution in [-0.2, 0) is 9.47 Å². The first-order valence-electron chi connectivity index (χ1n) is 3.55. The van der Waals surface area contributed by atoms with E-state index in [1.165, 1.54) is 0 Å². The van der Waals surface area contributed by atoms with E-state index in [1.54, 1.807) is 14.2 Å². The smallest absolute Gasteiger partial charge is 0.221 e. The molecule has 2 rings (SSSR count). The van der Waals surface area contributed by atoms with Crippen LogP contribution in [0.2, 0.25) is 0 Å². The highest BCUT2D eigenvalue weighted by molar-refractivity contribution is 5.58. The van der Waals surface area contributed by atoms with E-state index in [4.69, 9.17) is 9.47 Å². The van der Waals surface area contributed by atoms with E-state index in [2.05, 4.69) is 0 Å². The lowest BCUT2D eigenvalue weighted by Crippen LogP contribution is -2.32. The molecule has 0 saturated carbocycles. The number of rotatable bonds is 2. The number of ether oxygens (including phenoxy) is 2.